The Labute approximate surface area is 182 Å². The van der Waals surface area contributed by atoms with Crippen molar-refractivity contribution in [3.8, 4) is 0 Å². The molecule has 7 nitrogen and oxygen atoms in total. The van der Waals surface area contributed by atoms with Gasteiger partial charge in [-0.25, -0.2) is 4.79 Å². The molecule has 1 aliphatic carbocycles. The maximum Gasteiger partial charge on any atom is 0.340 e. The first-order chi connectivity index (χ1) is 14.9. The molecule has 0 spiro atoms. The Bertz CT molecular complexity index is 1030. The van der Waals surface area contributed by atoms with E-state index >= 15 is 0 Å². The van der Waals surface area contributed by atoms with Crippen molar-refractivity contribution in [1.29, 1.82) is 0 Å². The SMILES string of the molecule is CCOC(=O)c1c(/C=C/C(=O)Nc2ccccc2C(=O)NC2CC2)c(C)n(CC)c1C. The second-order valence-corrected chi connectivity index (χ2v) is 7.54. The molecule has 0 radical (unpaired) electrons. The molecule has 31 heavy (non-hydrogen) atoms. The molecular formula is C24H29N3O4. The van der Waals surface area contributed by atoms with Gasteiger partial charge in [-0.3, -0.25) is 9.59 Å². The Morgan fingerprint density at radius 3 is 2.48 bits per heavy atom. The third-order valence-corrected chi connectivity index (χ3v) is 5.37. The van der Waals surface area contributed by atoms with Gasteiger partial charge in [-0.2, -0.15) is 0 Å². The molecule has 3 rings (SSSR count). The van der Waals surface area contributed by atoms with E-state index in [1.54, 1.807) is 37.3 Å². The fraction of sp³-hybridized carbons (Fsp3) is 0.375. The van der Waals surface area contributed by atoms with E-state index in [0.29, 0.717) is 28.9 Å². The van der Waals surface area contributed by atoms with Crippen molar-refractivity contribution in [3.05, 3.63) is 58.4 Å². The third kappa shape index (κ3) is 5.05. The van der Waals surface area contributed by atoms with E-state index in [0.717, 1.165) is 24.2 Å². The largest absolute Gasteiger partial charge is 0.462 e. The minimum atomic E-state index is -0.405. The first-order valence-corrected chi connectivity index (χ1v) is 10.6. The maximum atomic E-state index is 12.6. The molecule has 0 saturated heterocycles. The molecule has 0 aliphatic heterocycles. The van der Waals surface area contributed by atoms with Crippen molar-refractivity contribution >= 4 is 29.5 Å². The number of ether oxygens (including phenoxy) is 1. The fourth-order valence-corrected chi connectivity index (χ4v) is 3.66. The van der Waals surface area contributed by atoms with Crippen LogP contribution in [0.5, 0.6) is 0 Å². The summed E-state index contributed by atoms with van der Waals surface area (Å²) in [6.45, 7) is 8.52. The molecule has 1 fully saturated rings. The minimum Gasteiger partial charge on any atom is -0.462 e. The van der Waals surface area contributed by atoms with Crippen LogP contribution in [0.1, 0.15) is 64.4 Å². The zero-order chi connectivity index (χ0) is 22.5. The highest BCUT2D eigenvalue weighted by Crippen LogP contribution is 2.25. The van der Waals surface area contributed by atoms with Gasteiger partial charge in [0, 0.05) is 35.6 Å². The smallest absolute Gasteiger partial charge is 0.340 e. The molecule has 1 heterocycles. The number of amides is 2. The van der Waals surface area contributed by atoms with Crippen LogP contribution in [-0.2, 0) is 16.1 Å². The standard InChI is InChI=1S/C24H29N3O4/c1-5-27-15(3)18(22(16(27)4)24(30)31-6-2)13-14-21(28)26-20-10-8-7-9-19(20)23(29)25-17-11-12-17/h7-10,13-14,17H,5-6,11-12H2,1-4H3,(H,25,29)(H,26,28)/b14-13+. The number of esters is 1. The summed E-state index contributed by atoms with van der Waals surface area (Å²) >= 11 is 0. The summed E-state index contributed by atoms with van der Waals surface area (Å²) in [5, 5.41) is 5.71. The van der Waals surface area contributed by atoms with Gasteiger partial charge in [0.15, 0.2) is 0 Å². The number of aromatic nitrogens is 1. The number of hydrogen-bond donors (Lipinski definition) is 2. The monoisotopic (exact) mass is 423 g/mol. The molecule has 2 aromatic rings. The van der Waals surface area contributed by atoms with Gasteiger partial charge in [-0.15, -0.1) is 0 Å². The highest BCUT2D eigenvalue weighted by molar-refractivity contribution is 6.08. The molecule has 7 heteroatoms. The number of rotatable bonds is 8. The number of nitrogens with one attached hydrogen (secondary N) is 2. The highest BCUT2D eigenvalue weighted by atomic mass is 16.5. The molecule has 1 aromatic carbocycles. The van der Waals surface area contributed by atoms with E-state index in [-0.39, 0.29) is 24.5 Å². The van der Waals surface area contributed by atoms with Crippen LogP contribution in [0, 0.1) is 13.8 Å². The third-order valence-electron chi connectivity index (χ3n) is 5.37. The molecule has 0 bridgehead atoms. The van der Waals surface area contributed by atoms with Crippen molar-refractivity contribution in [2.45, 2.75) is 53.1 Å². The molecule has 164 valence electrons. The van der Waals surface area contributed by atoms with Gasteiger partial charge in [0.25, 0.3) is 5.91 Å². The zero-order valence-corrected chi connectivity index (χ0v) is 18.5. The minimum absolute atomic E-state index is 0.196. The number of carbonyl (C=O) groups excluding carboxylic acids is 3. The predicted molar refractivity (Wildman–Crippen MR) is 120 cm³/mol. The van der Waals surface area contributed by atoms with E-state index in [1.807, 2.05) is 25.3 Å². The van der Waals surface area contributed by atoms with Gasteiger partial charge >= 0.3 is 5.97 Å². The lowest BCUT2D eigenvalue weighted by Crippen LogP contribution is -2.26. The van der Waals surface area contributed by atoms with Crippen LogP contribution in [-0.4, -0.2) is 35.0 Å². The summed E-state index contributed by atoms with van der Waals surface area (Å²) in [7, 11) is 0. The quantitative estimate of drug-likeness (QED) is 0.499. The van der Waals surface area contributed by atoms with E-state index < -0.39 is 5.97 Å². The average Bonchev–Trinajstić information content (AvgIpc) is 3.51. The van der Waals surface area contributed by atoms with Crippen LogP contribution in [0.4, 0.5) is 5.69 Å². The van der Waals surface area contributed by atoms with Crippen molar-refractivity contribution in [2.24, 2.45) is 0 Å². The lowest BCUT2D eigenvalue weighted by Gasteiger charge is -2.10. The number of benzene rings is 1. The van der Waals surface area contributed by atoms with E-state index in [2.05, 4.69) is 10.6 Å². The average molecular weight is 424 g/mol. The second-order valence-electron chi connectivity index (χ2n) is 7.54. The summed E-state index contributed by atoms with van der Waals surface area (Å²) in [6, 6.07) is 7.14. The Morgan fingerprint density at radius 2 is 1.84 bits per heavy atom. The molecule has 1 aromatic heterocycles. The lowest BCUT2D eigenvalue weighted by molar-refractivity contribution is -0.111. The topological polar surface area (TPSA) is 89.4 Å². The lowest BCUT2D eigenvalue weighted by atomic mass is 10.1. The van der Waals surface area contributed by atoms with Crippen LogP contribution in [0.3, 0.4) is 0 Å². The first-order valence-electron chi connectivity index (χ1n) is 10.6. The summed E-state index contributed by atoms with van der Waals surface area (Å²) < 4.78 is 7.23. The summed E-state index contributed by atoms with van der Waals surface area (Å²) in [4.78, 5) is 37.6. The Morgan fingerprint density at radius 1 is 1.13 bits per heavy atom. The molecule has 2 N–H and O–H groups in total. The predicted octanol–water partition coefficient (Wildman–Crippen LogP) is 3.85. The van der Waals surface area contributed by atoms with Crippen molar-refractivity contribution < 1.29 is 19.1 Å². The van der Waals surface area contributed by atoms with Gasteiger partial charge in [-0.05, 0) is 58.7 Å². The van der Waals surface area contributed by atoms with Crippen molar-refractivity contribution in [1.82, 2.24) is 9.88 Å². The van der Waals surface area contributed by atoms with Gasteiger partial charge in [0.2, 0.25) is 5.91 Å². The van der Waals surface area contributed by atoms with Crippen molar-refractivity contribution in [2.75, 3.05) is 11.9 Å². The Hall–Kier alpha value is -3.35. The number of nitrogens with zero attached hydrogens (tertiary/aromatic N) is 1. The number of anilines is 1. The maximum absolute atomic E-state index is 12.6. The zero-order valence-electron chi connectivity index (χ0n) is 18.5. The van der Waals surface area contributed by atoms with E-state index in [1.165, 1.54) is 6.08 Å². The fourth-order valence-electron chi connectivity index (χ4n) is 3.66. The van der Waals surface area contributed by atoms with Crippen LogP contribution in [0.25, 0.3) is 6.08 Å². The summed E-state index contributed by atoms with van der Waals surface area (Å²) in [5.74, 6) is -0.987. The molecule has 1 saturated carbocycles. The van der Waals surface area contributed by atoms with E-state index in [4.69, 9.17) is 4.74 Å². The van der Waals surface area contributed by atoms with Gasteiger partial charge in [0.05, 0.1) is 23.4 Å². The summed E-state index contributed by atoms with van der Waals surface area (Å²) in [5.41, 5.74) is 3.69. The number of carbonyl (C=O) groups is 3. The van der Waals surface area contributed by atoms with Crippen LogP contribution >= 0.6 is 0 Å². The molecule has 0 unspecified atom stereocenters. The van der Waals surface area contributed by atoms with Crippen LogP contribution < -0.4 is 10.6 Å². The van der Waals surface area contributed by atoms with Crippen LogP contribution in [0.15, 0.2) is 30.3 Å². The summed E-state index contributed by atoms with van der Waals surface area (Å²) in [6.07, 6.45) is 4.98. The number of hydrogen-bond acceptors (Lipinski definition) is 4. The first kappa shape index (κ1) is 22.3. The van der Waals surface area contributed by atoms with Crippen molar-refractivity contribution in [3.63, 3.8) is 0 Å². The number of para-hydroxylation sites is 1. The van der Waals surface area contributed by atoms with Crippen LogP contribution in [0.2, 0.25) is 0 Å². The molecule has 0 atom stereocenters. The van der Waals surface area contributed by atoms with E-state index in [9.17, 15) is 14.4 Å². The molecule has 2 amide bonds. The normalized spacial score (nSPS) is 13.3. The van der Waals surface area contributed by atoms with Gasteiger partial charge < -0.3 is 19.9 Å². The second kappa shape index (κ2) is 9.64. The highest BCUT2D eigenvalue weighted by Gasteiger charge is 2.25. The van der Waals surface area contributed by atoms with Gasteiger partial charge in [0.1, 0.15) is 0 Å². The Balaban J connectivity index is 1.82. The Kier molecular flexibility index (Phi) is 6.95. The molecule has 1 aliphatic rings. The van der Waals surface area contributed by atoms with Gasteiger partial charge in [-0.1, -0.05) is 12.1 Å². The molecular weight excluding hydrogens is 394 g/mol.